The number of carbonyl (C=O) groups excluding carboxylic acids is 1. The number of carboxylic acid groups (broad SMARTS) is 1. The number of benzene rings is 1. The van der Waals surface area contributed by atoms with E-state index in [1.54, 1.807) is 24.3 Å². The smallest absolute Gasteiger partial charge is 0.308 e. The number of rotatable bonds is 4. The fourth-order valence-corrected chi connectivity index (χ4v) is 2.68. The molecule has 0 spiro atoms. The Morgan fingerprint density at radius 3 is 2.48 bits per heavy atom. The lowest BCUT2D eigenvalue weighted by atomic mass is 9.99. The predicted octanol–water partition coefficient (Wildman–Crippen LogP) is 0.441. The molecular weight excluding hydrogens is 272 g/mol. The zero-order valence-electron chi connectivity index (χ0n) is 11.9. The SMILES string of the molecule is C[C@@H]1CN(C(=O)[C@H](N)Cc2ccc(O)cc2)C[C@H]1C(=O)O. The molecule has 0 aliphatic carbocycles. The topological polar surface area (TPSA) is 104 Å². The molecule has 1 heterocycles. The molecule has 0 radical (unpaired) electrons. The van der Waals surface area contributed by atoms with Gasteiger partial charge in [-0.1, -0.05) is 19.1 Å². The van der Waals surface area contributed by atoms with Crippen LogP contribution in [-0.4, -0.2) is 46.1 Å². The number of aromatic hydroxyl groups is 1. The zero-order chi connectivity index (χ0) is 15.6. The van der Waals surface area contributed by atoms with Crippen LogP contribution in [0.1, 0.15) is 12.5 Å². The summed E-state index contributed by atoms with van der Waals surface area (Å²) in [6, 6.07) is 5.83. The van der Waals surface area contributed by atoms with Gasteiger partial charge in [0.1, 0.15) is 5.75 Å². The van der Waals surface area contributed by atoms with Crippen molar-refractivity contribution in [3.05, 3.63) is 29.8 Å². The number of hydrogen-bond donors (Lipinski definition) is 3. The molecule has 1 aliphatic rings. The second-order valence-corrected chi connectivity index (χ2v) is 5.64. The van der Waals surface area contributed by atoms with Crippen molar-refractivity contribution in [3.63, 3.8) is 0 Å². The minimum atomic E-state index is -0.870. The van der Waals surface area contributed by atoms with Gasteiger partial charge in [0.05, 0.1) is 12.0 Å². The molecule has 1 aliphatic heterocycles. The van der Waals surface area contributed by atoms with Gasteiger partial charge in [-0.05, 0) is 30.0 Å². The number of phenolic OH excluding ortho intramolecular Hbond substituents is 1. The Labute approximate surface area is 123 Å². The summed E-state index contributed by atoms with van der Waals surface area (Å²) in [4.78, 5) is 24.9. The van der Waals surface area contributed by atoms with Crippen LogP contribution in [0.4, 0.5) is 0 Å². The summed E-state index contributed by atoms with van der Waals surface area (Å²) in [5.41, 5.74) is 6.79. The van der Waals surface area contributed by atoms with E-state index in [1.165, 1.54) is 4.90 Å². The molecule has 0 saturated carbocycles. The summed E-state index contributed by atoms with van der Waals surface area (Å²) >= 11 is 0. The summed E-state index contributed by atoms with van der Waals surface area (Å²) < 4.78 is 0. The molecule has 4 N–H and O–H groups in total. The van der Waals surface area contributed by atoms with Crippen molar-refractivity contribution < 1.29 is 19.8 Å². The maximum Gasteiger partial charge on any atom is 0.308 e. The first-order valence-electron chi connectivity index (χ1n) is 6.93. The largest absolute Gasteiger partial charge is 0.508 e. The summed E-state index contributed by atoms with van der Waals surface area (Å²) in [7, 11) is 0. The highest BCUT2D eigenvalue weighted by atomic mass is 16.4. The van der Waals surface area contributed by atoms with E-state index in [2.05, 4.69) is 0 Å². The van der Waals surface area contributed by atoms with Crippen molar-refractivity contribution in [1.82, 2.24) is 4.90 Å². The molecule has 1 amide bonds. The van der Waals surface area contributed by atoms with Crippen LogP contribution in [0.25, 0.3) is 0 Å². The number of hydrogen-bond acceptors (Lipinski definition) is 4. The first-order valence-corrected chi connectivity index (χ1v) is 6.93. The molecule has 3 atom stereocenters. The van der Waals surface area contributed by atoms with Crippen LogP contribution in [0, 0.1) is 11.8 Å². The van der Waals surface area contributed by atoms with E-state index in [1.807, 2.05) is 6.92 Å². The molecule has 0 unspecified atom stereocenters. The molecule has 21 heavy (non-hydrogen) atoms. The van der Waals surface area contributed by atoms with Gasteiger partial charge in [-0.3, -0.25) is 9.59 Å². The van der Waals surface area contributed by atoms with Crippen molar-refractivity contribution in [2.24, 2.45) is 17.6 Å². The van der Waals surface area contributed by atoms with E-state index < -0.39 is 17.9 Å². The van der Waals surface area contributed by atoms with E-state index >= 15 is 0 Å². The van der Waals surface area contributed by atoms with E-state index in [0.29, 0.717) is 13.0 Å². The van der Waals surface area contributed by atoms with Gasteiger partial charge in [0.25, 0.3) is 0 Å². The summed E-state index contributed by atoms with van der Waals surface area (Å²) in [5.74, 6) is -1.51. The van der Waals surface area contributed by atoms with Gasteiger partial charge in [0.2, 0.25) is 5.91 Å². The average molecular weight is 292 g/mol. The van der Waals surface area contributed by atoms with Crippen LogP contribution >= 0.6 is 0 Å². The predicted molar refractivity (Wildman–Crippen MR) is 76.7 cm³/mol. The fraction of sp³-hybridized carbons (Fsp3) is 0.467. The Morgan fingerprint density at radius 1 is 1.33 bits per heavy atom. The Balaban J connectivity index is 1.97. The Bertz CT molecular complexity index is 529. The van der Waals surface area contributed by atoms with Crippen LogP contribution in [0.2, 0.25) is 0 Å². The molecule has 1 aromatic rings. The standard InChI is InChI=1S/C15H20N2O4/c1-9-7-17(8-12(9)15(20)21)14(19)13(16)6-10-2-4-11(18)5-3-10/h2-5,9,12-13,18H,6-8,16H2,1H3,(H,20,21)/t9-,12-,13-/m1/s1. The second-order valence-electron chi connectivity index (χ2n) is 5.64. The van der Waals surface area contributed by atoms with Crippen molar-refractivity contribution in [2.75, 3.05) is 13.1 Å². The van der Waals surface area contributed by atoms with Gasteiger partial charge in [-0.25, -0.2) is 0 Å². The van der Waals surface area contributed by atoms with Crippen molar-refractivity contribution in [2.45, 2.75) is 19.4 Å². The van der Waals surface area contributed by atoms with Crippen LogP contribution in [0.15, 0.2) is 24.3 Å². The monoisotopic (exact) mass is 292 g/mol. The number of carboxylic acids is 1. The third kappa shape index (κ3) is 3.52. The molecule has 0 bridgehead atoms. The Morgan fingerprint density at radius 2 is 1.95 bits per heavy atom. The highest BCUT2D eigenvalue weighted by Crippen LogP contribution is 2.24. The molecular formula is C15H20N2O4. The number of amides is 1. The normalized spacial score (nSPS) is 23.0. The third-order valence-electron chi connectivity index (χ3n) is 3.95. The average Bonchev–Trinajstić information content (AvgIpc) is 2.82. The lowest BCUT2D eigenvalue weighted by Crippen LogP contribution is -2.44. The van der Waals surface area contributed by atoms with Crippen LogP contribution in [-0.2, 0) is 16.0 Å². The molecule has 6 heteroatoms. The highest BCUT2D eigenvalue weighted by molar-refractivity contribution is 5.83. The number of nitrogens with zero attached hydrogens (tertiary/aromatic N) is 1. The number of aliphatic carboxylic acids is 1. The van der Waals surface area contributed by atoms with Gasteiger partial charge >= 0.3 is 5.97 Å². The first-order chi connectivity index (χ1) is 9.88. The summed E-state index contributed by atoms with van der Waals surface area (Å²) in [6.45, 7) is 2.48. The Kier molecular flexibility index (Phi) is 4.47. The minimum Gasteiger partial charge on any atom is -0.508 e. The molecule has 1 saturated heterocycles. The van der Waals surface area contributed by atoms with Crippen LogP contribution < -0.4 is 5.73 Å². The lowest BCUT2D eigenvalue weighted by Gasteiger charge is -2.20. The molecule has 2 rings (SSSR count). The van der Waals surface area contributed by atoms with Gasteiger partial charge in [-0.15, -0.1) is 0 Å². The third-order valence-corrected chi connectivity index (χ3v) is 3.95. The maximum atomic E-state index is 12.3. The van der Waals surface area contributed by atoms with Crippen molar-refractivity contribution >= 4 is 11.9 Å². The van der Waals surface area contributed by atoms with E-state index in [0.717, 1.165) is 5.56 Å². The van der Waals surface area contributed by atoms with Crippen LogP contribution in [0.3, 0.4) is 0 Å². The second kappa shape index (κ2) is 6.13. The van der Waals surface area contributed by atoms with E-state index in [9.17, 15) is 14.7 Å². The van der Waals surface area contributed by atoms with Gasteiger partial charge < -0.3 is 20.8 Å². The maximum absolute atomic E-state index is 12.3. The molecule has 1 fully saturated rings. The van der Waals surface area contributed by atoms with Gasteiger partial charge in [-0.2, -0.15) is 0 Å². The van der Waals surface area contributed by atoms with E-state index in [-0.39, 0.29) is 24.1 Å². The molecule has 0 aromatic heterocycles. The molecule has 114 valence electrons. The highest BCUT2D eigenvalue weighted by Gasteiger charge is 2.38. The minimum absolute atomic E-state index is 0.0627. The zero-order valence-corrected chi connectivity index (χ0v) is 11.9. The quantitative estimate of drug-likeness (QED) is 0.747. The van der Waals surface area contributed by atoms with Crippen molar-refractivity contribution in [3.8, 4) is 5.75 Å². The van der Waals surface area contributed by atoms with E-state index in [4.69, 9.17) is 10.8 Å². The number of nitrogens with two attached hydrogens (primary N) is 1. The Hall–Kier alpha value is -2.08. The lowest BCUT2D eigenvalue weighted by molar-refractivity contribution is -0.142. The number of carbonyl (C=O) groups is 2. The van der Waals surface area contributed by atoms with Gasteiger partial charge in [0, 0.05) is 13.1 Å². The summed E-state index contributed by atoms with van der Waals surface area (Å²) in [6.07, 6.45) is 0.363. The molecule has 6 nitrogen and oxygen atoms in total. The number of likely N-dealkylation sites (tertiary alicyclic amines) is 1. The van der Waals surface area contributed by atoms with Gasteiger partial charge in [0.15, 0.2) is 0 Å². The fourth-order valence-electron chi connectivity index (χ4n) is 2.68. The van der Waals surface area contributed by atoms with Crippen molar-refractivity contribution in [1.29, 1.82) is 0 Å². The molecule has 1 aromatic carbocycles. The summed E-state index contributed by atoms with van der Waals surface area (Å²) in [5, 5.41) is 18.3. The first kappa shape index (κ1) is 15.3. The van der Waals surface area contributed by atoms with Crippen LogP contribution in [0.5, 0.6) is 5.75 Å². The number of phenols is 1.